The Labute approximate surface area is 282 Å². The van der Waals surface area contributed by atoms with Gasteiger partial charge >= 0.3 is 0 Å². The van der Waals surface area contributed by atoms with Crippen LogP contribution >= 0.6 is 0 Å². The molecule has 10 aromatic rings. The lowest BCUT2D eigenvalue weighted by Crippen LogP contribution is -2.10. The molecule has 49 heavy (non-hydrogen) atoms. The molecule has 0 atom stereocenters. The molecule has 230 valence electrons. The van der Waals surface area contributed by atoms with Crippen LogP contribution in [0.25, 0.3) is 76.9 Å². The minimum absolute atomic E-state index is 0.868. The minimum atomic E-state index is 0.868. The second kappa shape index (κ2) is 11.0. The number of anilines is 3. The van der Waals surface area contributed by atoms with Crippen LogP contribution in [0.4, 0.5) is 17.1 Å². The van der Waals surface area contributed by atoms with E-state index in [-0.39, 0.29) is 0 Å². The van der Waals surface area contributed by atoms with Gasteiger partial charge in [-0.05, 0) is 64.5 Å². The molecule has 0 aliphatic rings. The maximum Gasteiger partial charge on any atom is 0.159 e. The summed E-state index contributed by atoms with van der Waals surface area (Å²) in [7, 11) is 0. The molecule has 0 radical (unpaired) electrons. The zero-order valence-corrected chi connectivity index (χ0v) is 26.5. The fraction of sp³-hybridized carbons (Fsp3) is 0. The van der Waals surface area contributed by atoms with Crippen LogP contribution in [0.15, 0.2) is 185 Å². The average Bonchev–Trinajstić information content (AvgIpc) is 3.74. The summed E-state index contributed by atoms with van der Waals surface area (Å²) in [6.07, 6.45) is 0. The highest BCUT2D eigenvalue weighted by molar-refractivity contribution is 6.12. The second-order valence-corrected chi connectivity index (χ2v) is 12.5. The third-order valence-electron chi connectivity index (χ3n) is 9.67. The van der Waals surface area contributed by atoms with E-state index in [9.17, 15) is 0 Å². The van der Waals surface area contributed by atoms with E-state index in [0.29, 0.717) is 0 Å². The predicted molar refractivity (Wildman–Crippen MR) is 204 cm³/mol. The van der Waals surface area contributed by atoms with Crippen LogP contribution in [0.3, 0.4) is 0 Å². The van der Waals surface area contributed by atoms with E-state index in [1.807, 2.05) is 18.2 Å². The fourth-order valence-corrected chi connectivity index (χ4v) is 7.35. The van der Waals surface area contributed by atoms with Gasteiger partial charge in [-0.25, -0.2) is 0 Å². The number of hydrogen-bond donors (Lipinski definition) is 0. The highest BCUT2D eigenvalue weighted by atomic mass is 16.3. The topological polar surface area (TPSA) is 29.5 Å². The van der Waals surface area contributed by atoms with E-state index in [4.69, 9.17) is 8.83 Å². The molecule has 0 fully saturated rings. The van der Waals surface area contributed by atoms with Crippen molar-refractivity contribution >= 4 is 71.7 Å². The van der Waals surface area contributed by atoms with Gasteiger partial charge in [0, 0.05) is 38.2 Å². The van der Waals surface area contributed by atoms with Gasteiger partial charge < -0.3 is 13.7 Å². The van der Waals surface area contributed by atoms with E-state index in [0.717, 1.165) is 83.2 Å². The van der Waals surface area contributed by atoms with Gasteiger partial charge in [-0.15, -0.1) is 0 Å². The Balaban J connectivity index is 1.12. The van der Waals surface area contributed by atoms with E-state index in [1.54, 1.807) is 0 Å². The van der Waals surface area contributed by atoms with Crippen molar-refractivity contribution in [3.8, 4) is 22.3 Å². The molecule has 3 heteroatoms. The first-order chi connectivity index (χ1) is 24.3. The summed E-state index contributed by atoms with van der Waals surface area (Å²) < 4.78 is 13.0. The Kier molecular flexibility index (Phi) is 6.18. The van der Waals surface area contributed by atoms with Crippen LogP contribution in [-0.2, 0) is 0 Å². The summed E-state index contributed by atoms with van der Waals surface area (Å²) in [5, 5.41) is 6.82. The van der Waals surface area contributed by atoms with Crippen molar-refractivity contribution in [2.45, 2.75) is 0 Å². The lowest BCUT2D eigenvalue weighted by Gasteiger charge is -2.27. The standard InChI is InChI=1S/C46H29NO2/c1-2-11-32(12-3-1)36-17-9-18-39-40-29-33(25-28-44(40)48-45(36)39)30-23-26-34(27-24-30)47(41-20-8-14-31-13-4-5-15-35(31)41)42-21-10-19-38-37-16-6-7-22-43(37)49-46(38)42/h1-29H. The summed E-state index contributed by atoms with van der Waals surface area (Å²) in [5.74, 6) is 0. The molecule has 8 aromatic carbocycles. The zero-order valence-electron chi connectivity index (χ0n) is 26.5. The first kappa shape index (κ1) is 27.5. The first-order valence-corrected chi connectivity index (χ1v) is 16.6. The van der Waals surface area contributed by atoms with Gasteiger partial charge in [0.15, 0.2) is 5.58 Å². The van der Waals surface area contributed by atoms with Crippen molar-refractivity contribution in [2.75, 3.05) is 4.90 Å². The number of furan rings is 2. The highest BCUT2D eigenvalue weighted by Gasteiger charge is 2.21. The van der Waals surface area contributed by atoms with Crippen molar-refractivity contribution < 1.29 is 8.83 Å². The second-order valence-electron chi connectivity index (χ2n) is 12.5. The van der Waals surface area contributed by atoms with Crippen molar-refractivity contribution in [1.82, 2.24) is 0 Å². The lowest BCUT2D eigenvalue weighted by molar-refractivity contribution is 0.669. The fourth-order valence-electron chi connectivity index (χ4n) is 7.35. The van der Waals surface area contributed by atoms with Gasteiger partial charge in [0.05, 0.1) is 11.4 Å². The van der Waals surface area contributed by atoms with Gasteiger partial charge in [0.2, 0.25) is 0 Å². The Morgan fingerprint density at radius 3 is 1.84 bits per heavy atom. The number of hydrogen-bond acceptors (Lipinski definition) is 3. The monoisotopic (exact) mass is 627 g/mol. The molecule has 0 N–H and O–H groups in total. The van der Waals surface area contributed by atoms with Gasteiger partial charge in [0.1, 0.15) is 16.7 Å². The smallest absolute Gasteiger partial charge is 0.159 e. The van der Waals surface area contributed by atoms with Crippen molar-refractivity contribution in [3.05, 3.63) is 176 Å². The van der Waals surface area contributed by atoms with E-state index >= 15 is 0 Å². The molecule has 0 saturated heterocycles. The van der Waals surface area contributed by atoms with Crippen LogP contribution in [0.5, 0.6) is 0 Å². The van der Waals surface area contributed by atoms with Crippen LogP contribution in [-0.4, -0.2) is 0 Å². The zero-order chi connectivity index (χ0) is 32.3. The molecule has 0 spiro atoms. The van der Waals surface area contributed by atoms with Gasteiger partial charge in [-0.2, -0.15) is 0 Å². The highest BCUT2D eigenvalue weighted by Crippen LogP contribution is 2.45. The van der Waals surface area contributed by atoms with Crippen LogP contribution < -0.4 is 4.90 Å². The van der Waals surface area contributed by atoms with E-state index < -0.39 is 0 Å². The third kappa shape index (κ3) is 4.44. The molecule has 10 rings (SSSR count). The van der Waals surface area contributed by atoms with Crippen molar-refractivity contribution in [2.24, 2.45) is 0 Å². The summed E-state index contributed by atoms with van der Waals surface area (Å²) >= 11 is 0. The van der Waals surface area contributed by atoms with Crippen molar-refractivity contribution in [1.29, 1.82) is 0 Å². The van der Waals surface area contributed by atoms with Crippen LogP contribution in [0, 0.1) is 0 Å². The summed E-state index contributed by atoms with van der Waals surface area (Å²) in [6.45, 7) is 0. The summed E-state index contributed by atoms with van der Waals surface area (Å²) in [6, 6.07) is 61.9. The number of fused-ring (bicyclic) bond motifs is 7. The largest absolute Gasteiger partial charge is 0.455 e. The Hall–Kier alpha value is -6.58. The van der Waals surface area contributed by atoms with Gasteiger partial charge in [-0.1, -0.05) is 133 Å². The normalized spacial score (nSPS) is 11.7. The molecular formula is C46H29NO2. The third-order valence-corrected chi connectivity index (χ3v) is 9.67. The van der Waals surface area contributed by atoms with Crippen LogP contribution in [0.2, 0.25) is 0 Å². The number of benzene rings is 8. The minimum Gasteiger partial charge on any atom is -0.455 e. The van der Waals surface area contributed by atoms with Gasteiger partial charge in [0.25, 0.3) is 0 Å². The molecule has 0 saturated carbocycles. The molecule has 3 nitrogen and oxygen atoms in total. The Morgan fingerprint density at radius 1 is 0.347 bits per heavy atom. The Morgan fingerprint density at radius 2 is 0.959 bits per heavy atom. The quantitative estimate of drug-likeness (QED) is 0.190. The van der Waals surface area contributed by atoms with E-state index in [2.05, 4.69) is 163 Å². The SMILES string of the molecule is c1ccc(-c2cccc3c2oc2ccc(-c4ccc(N(c5cccc6ccccc56)c5cccc6c5oc5ccccc56)cc4)cc23)cc1. The maximum atomic E-state index is 6.57. The summed E-state index contributed by atoms with van der Waals surface area (Å²) in [4.78, 5) is 2.33. The van der Waals surface area contributed by atoms with Crippen LogP contribution in [0.1, 0.15) is 0 Å². The number of para-hydroxylation sites is 3. The molecule has 2 heterocycles. The lowest BCUT2D eigenvalue weighted by atomic mass is 10.00. The molecule has 0 bridgehead atoms. The first-order valence-electron chi connectivity index (χ1n) is 16.6. The maximum absolute atomic E-state index is 6.57. The van der Waals surface area contributed by atoms with Crippen molar-refractivity contribution in [3.63, 3.8) is 0 Å². The predicted octanol–water partition coefficient (Wildman–Crippen LogP) is 13.4. The van der Waals surface area contributed by atoms with Gasteiger partial charge in [-0.3, -0.25) is 0 Å². The molecule has 0 unspecified atom stereocenters. The molecule has 0 aliphatic heterocycles. The molecule has 0 aliphatic carbocycles. The number of rotatable bonds is 5. The molecular weight excluding hydrogens is 599 g/mol. The molecule has 0 amide bonds. The number of nitrogens with zero attached hydrogens (tertiary/aromatic N) is 1. The average molecular weight is 628 g/mol. The molecule has 2 aromatic heterocycles. The summed E-state index contributed by atoms with van der Waals surface area (Å²) in [5.41, 5.74) is 11.2. The van der Waals surface area contributed by atoms with E-state index in [1.165, 1.54) is 10.8 Å². The Bertz CT molecular complexity index is 2820.